The molecular formula is C16H33N3O. The fourth-order valence-electron chi connectivity index (χ4n) is 3.14. The molecule has 0 aromatic rings. The Hall–Kier alpha value is -0.610. The highest BCUT2D eigenvalue weighted by atomic mass is 16.2. The van der Waals surface area contributed by atoms with Crippen LogP contribution in [0.4, 0.5) is 0 Å². The molecule has 20 heavy (non-hydrogen) atoms. The summed E-state index contributed by atoms with van der Waals surface area (Å²) in [6, 6.07) is 0.372. The first-order chi connectivity index (χ1) is 9.58. The van der Waals surface area contributed by atoms with Crippen molar-refractivity contribution in [3.05, 3.63) is 0 Å². The molecule has 0 aromatic heterocycles. The largest absolute Gasteiger partial charge is 0.323 e. The second-order valence-electron chi connectivity index (χ2n) is 5.82. The third kappa shape index (κ3) is 4.19. The molecule has 0 spiro atoms. The average Bonchev–Trinajstić information content (AvgIpc) is 2.79. The first kappa shape index (κ1) is 17.4. The molecule has 1 fully saturated rings. The van der Waals surface area contributed by atoms with Crippen LogP contribution in [0.25, 0.3) is 0 Å². The van der Waals surface area contributed by atoms with Crippen LogP contribution in [0.5, 0.6) is 0 Å². The highest BCUT2D eigenvalue weighted by Gasteiger charge is 2.38. The molecule has 1 heterocycles. The third-order valence-corrected chi connectivity index (χ3v) is 4.54. The van der Waals surface area contributed by atoms with Crippen LogP contribution in [0.15, 0.2) is 0 Å². The van der Waals surface area contributed by atoms with Crippen molar-refractivity contribution in [1.29, 1.82) is 0 Å². The minimum absolute atomic E-state index is 0.0326. The van der Waals surface area contributed by atoms with Crippen molar-refractivity contribution in [2.24, 2.45) is 0 Å². The topological polar surface area (TPSA) is 35.6 Å². The average molecular weight is 283 g/mol. The lowest BCUT2D eigenvalue weighted by molar-refractivity contribution is -0.132. The minimum atomic E-state index is 0.0326. The Bertz CT molecular complexity index is 291. The zero-order valence-electron chi connectivity index (χ0n) is 14.0. The van der Waals surface area contributed by atoms with Gasteiger partial charge in [0.1, 0.15) is 0 Å². The smallest absolute Gasteiger partial charge is 0.241 e. The van der Waals surface area contributed by atoms with E-state index in [1.54, 1.807) is 0 Å². The van der Waals surface area contributed by atoms with Crippen LogP contribution in [0.2, 0.25) is 0 Å². The quantitative estimate of drug-likeness (QED) is 0.706. The maximum atomic E-state index is 12.4. The molecule has 1 aliphatic rings. The number of hydrogen-bond donors (Lipinski definition) is 1. The second kappa shape index (κ2) is 8.63. The van der Waals surface area contributed by atoms with Gasteiger partial charge in [0.05, 0.1) is 12.2 Å². The van der Waals surface area contributed by atoms with Crippen molar-refractivity contribution < 1.29 is 4.79 Å². The molecule has 0 aromatic carbocycles. The molecule has 1 amide bonds. The predicted molar refractivity (Wildman–Crippen MR) is 84.6 cm³/mol. The molecule has 3 atom stereocenters. The Labute approximate surface area is 124 Å². The van der Waals surface area contributed by atoms with E-state index in [2.05, 4.69) is 49.7 Å². The van der Waals surface area contributed by atoms with E-state index in [0.717, 1.165) is 38.9 Å². The van der Waals surface area contributed by atoms with Crippen molar-refractivity contribution in [3.8, 4) is 0 Å². The maximum Gasteiger partial charge on any atom is 0.241 e. The lowest BCUT2D eigenvalue weighted by Crippen LogP contribution is -2.43. The van der Waals surface area contributed by atoms with Crippen LogP contribution in [-0.4, -0.2) is 53.6 Å². The van der Waals surface area contributed by atoms with Crippen molar-refractivity contribution in [2.45, 2.75) is 78.6 Å². The molecule has 0 bridgehead atoms. The van der Waals surface area contributed by atoms with E-state index < -0.39 is 0 Å². The second-order valence-corrected chi connectivity index (χ2v) is 5.82. The monoisotopic (exact) mass is 283 g/mol. The van der Waals surface area contributed by atoms with Crippen molar-refractivity contribution >= 4 is 5.91 Å². The number of carbonyl (C=O) groups is 1. The summed E-state index contributed by atoms with van der Waals surface area (Å²) in [6.45, 7) is 14.2. The highest BCUT2D eigenvalue weighted by molar-refractivity contribution is 5.84. The first-order valence-corrected chi connectivity index (χ1v) is 8.39. The van der Waals surface area contributed by atoms with Crippen LogP contribution in [0, 0.1) is 0 Å². The molecular weight excluding hydrogens is 250 g/mol. The van der Waals surface area contributed by atoms with E-state index in [0.29, 0.717) is 11.9 Å². The number of amides is 1. The summed E-state index contributed by atoms with van der Waals surface area (Å²) in [6.07, 6.45) is 4.37. The molecule has 0 saturated carbocycles. The first-order valence-electron chi connectivity index (χ1n) is 8.39. The number of rotatable bonds is 9. The highest BCUT2D eigenvalue weighted by Crippen LogP contribution is 2.21. The van der Waals surface area contributed by atoms with E-state index in [-0.39, 0.29) is 12.2 Å². The summed E-state index contributed by atoms with van der Waals surface area (Å²) in [5, 5.41) is 3.46. The van der Waals surface area contributed by atoms with Gasteiger partial charge >= 0.3 is 0 Å². The van der Waals surface area contributed by atoms with Gasteiger partial charge in [0.15, 0.2) is 0 Å². The lowest BCUT2D eigenvalue weighted by atomic mass is 10.1. The summed E-state index contributed by atoms with van der Waals surface area (Å²) >= 11 is 0. The molecule has 0 aliphatic carbocycles. The summed E-state index contributed by atoms with van der Waals surface area (Å²) in [5.41, 5.74) is 0. The van der Waals surface area contributed by atoms with E-state index in [1.165, 1.54) is 6.42 Å². The Morgan fingerprint density at radius 1 is 1.20 bits per heavy atom. The van der Waals surface area contributed by atoms with Crippen molar-refractivity contribution in [1.82, 2.24) is 15.1 Å². The van der Waals surface area contributed by atoms with Crippen LogP contribution >= 0.6 is 0 Å². The zero-order valence-corrected chi connectivity index (χ0v) is 14.0. The molecule has 4 heteroatoms. The van der Waals surface area contributed by atoms with E-state index in [4.69, 9.17) is 0 Å². The minimum Gasteiger partial charge on any atom is -0.323 e. The number of hydrogen-bond acceptors (Lipinski definition) is 3. The molecule has 1 rings (SSSR count). The molecule has 118 valence electrons. The Kier molecular flexibility index (Phi) is 7.52. The van der Waals surface area contributed by atoms with Crippen LogP contribution in [-0.2, 0) is 4.79 Å². The summed E-state index contributed by atoms with van der Waals surface area (Å²) in [5.74, 6) is 0.301. The van der Waals surface area contributed by atoms with Crippen LogP contribution in [0.3, 0.4) is 0 Å². The molecule has 1 aliphatic heterocycles. The molecule has 1 N–H and O–H groups in total. The molecule has 3 unspecified atom stereocenters. The number of carbonyl (C=O) groups excluding carboxylic acids is 1. The normalized spacial score (nSPS) is 24.7. The summed E-state index contributed by atoms with van der Waals surface area (Å²) < 4.78 is 0. The van der Waals surface area contributed by atoms with Gasteiger partial charge in [-0.3, -0.25) is 10.1 Å². The Morgan fingerprint density at radius 3 is 2.35 bits per heavy atom. The van der Waals surface area contributed by atoms with Gasteiger partial charge in [-0.15, -0.1) is 0 Å². The van der Waals surface area contributed by atoms with Crippen LogP contribution in [0.1, 0.15) is 60.3 Å². The van der Waals surface area contributed by atoms with E-state index in [9.17, 15) is 4.79 Å². The zero-order chi connectivity index (χ0) is 15.1. The molecule has 1 saturated heterocycles. The number of nitrogens with one attached hydrogen (secondary N) is 1. The third-order valence-electron chi connectivity index (χ3n) is 4.54. The fraction of sp³-hybridized carbons (Fsp3) is 0.938. The number of nitrogens with zero attached hydrogens (tertiary/aromatic N) is 2. The van der Waals surface area contributed by atoms with Crippen molar-refractivity contribution in [3.63, 3.8) is 0 Å². The van der Waals surface area contributed by atoms with Gasteiger partial charge in [0, 0.05) is 6.04 Å². The molecule has 0 radical (unpaired) electrons. The Morgan fingerprint density at radius 2 is 1.85 bits per heavy atom. The van der Waals surface area contributed by atoms with E-state index >= 15 is 0 Å². The van der Waals surface area contributed by atoms with Gasteiger partial charge in [-0.25, -0.2) is 0 Å². The summed E-state index contributed by atoms with van der Waals surface area (Å²) in [4.78, 5) is 17.0. The van der Waals surface area contributed by atoms with Crippen LogP contribution < -0.4 is 5.32 Å². The van der Waals surface area contributed by atoms with Gasteiger partial charge in [-0.1, -0.05) is 27.7 Å². The van der Waals surface area contributed by atoms with Gasteiger partial charge in [0.2, 0.25) is 5.91 Å². The van der Waals surface area contributed by atoms with Gasteiger partial charge in [-0.2, -0.15) is 0 Å². The SMILES string of the molecule is CCC1NC(CC)N(C(C)CCCN(CC)CC)C1=O. The van der Waals surface area contributed by atoms with Gasteiger partial charge in [0.25, 0.3) is 0 Å². The fourth-order valence-corrected chi connectivity index (χ4v) is 3.14. The Balaban J connectivity index is 2.48. The van der Waals surface area contributed by atoms with Crippen molar-refractivity contribution in [2.75, 3.05) is 19.6 Å². The summed E-state index contributed by atoms with van der Waals surface area (Å²) in [7, 11) is 0. The van der Waals surface area contributed by atoms with Gasteiger partial charge < -0.3 is 9.80 Å². The standard InChI is InChI=1S/C16H33N3O/c1-6-14-16(20)19(15(7-2)17-14)13(5)11-10-12-18(8-3)9-4/h13-15,17H,6-12H2,1-5H3. The van der Waals surface area contributed by atoms with E-state index in [1.807, 2.05) is 0 Å². The lowest BCUT2D eigenvalue weighted by Gasteiger charge is -2.30. The predicted octanol–water partition coefficient (Wildman–Crippen LogP) is 2.44. The van der Waals surface area contributed by atoms with Gasteiger partial charge in [-0.05, 0) is 52.2 Å². The maximum absolute atomic E-state index is 12.4. The molecule has 4 nitrogen and oxygen atoms in total.